The fraction of sp³-hybridized carbons (Fsp3) is 0.923. The Labute approximate surface area is 110 Å². The third-order valence-electron chi connectivity index (χ3n) is 3.67. The summed E-state index contributed by atoms with van der Waals surface area (Å²) < 4.78 is 0. The molecule has 1 aliphatic carbocycles. The van der Waals surface area contributed by atoms with E-state index in [4.69, 9.17) is 11.6 Å². The molecule has 0 aromatic heterocycles. The molecule has 1 saturated carbocycles. The maximum absolute atomic E-state index is 12.0. The first-order valence-corrected chi connectivity index (χ1v) is 7.06. The Morgan fingerprint density at radius 1 is 1.24 bits per heavy atom. The van der Waals surface area contributed by atoms with Crippen LogP contribution in [0.3, 0.4) is 0 Å². The van der Waals surface area contributed by atoms with E-state index in [-0.39, 0.29) is 17.8 Å². The van der Waals surface area contributed by atoms with Gasteiger partial charge in [-0.15, -0.1) is 11.6 Å². The fourth-order valence-corrected chi connectivity index (χ4v) is 3.08. The van der Waals surface area contributed by atoms with Gasteiger partial charge in [-0.2, -0.15) is 0 Å². The molecule has 0 radical (unpaired) electrons. The number of rotatable bonds is 4. The minimum absolute atomic E-state index is 0.0698. The van der Waals surface area contributed by atoms with E-state index in [9.17, 15) is 4.79 Å². The van der Waals surface area contributed by atoms with Crippen molar-refractivity contribution in [2.45, 2.75) is 57.7 Å². The van der Waals surface area contributed by atoms with Crippen LogP contribution in [0.1, 0.15) is 39.5 Å². The fourth-order valence-electron chi connectivity index (χ4n) is 2.94. The summed E-state index contributed by atoms with van der Waals surface area (Å²) >= 11 is 5.73. The predicted molar refractivity (Wildman–Crippen MR) is 72.4 cm³/mol. The van der Waals surface area contributed by atoms with Crippen LogP contribution >= 0.6 is 11.6 Å². The van der Waals surface area contributed by atoms with Gasteiger partial charge in [-0.1, -0.05) is 12.8 Å². The van der Waals surface area contributed by atoms with Gasteiger partial charge in [0, 0.05) is 18.1 Å². The number of nitrogens with zero attached hydrogens (tertiary/aromatic N) is 2. The summed E-state index contributed by atoms with van der Waals surface area (Å²) in [5.41, 5.74) is 0. The molecule has 17 heavy (non-hydrogen) atoms. The minimum Gasteiger partial charge on any atom is -0.335 e. The van der Waals surface area contributed by atoms with Crippen LogP contribution in [-0.4, -0.2) is 53.8 Å². The molecule has 0 bridgehead atoms. The lowest BCUT2D eigenvalue weighted by atomic mass is 9.87. The molecule has 1 fully saturated rings. The van der Waals surface area contributed by atoms with Crippen LogP contribution in [0.2, 0.25) is 0 Å². The molecule has 1 amide bonds. The summed E-state index contributed by atoms with van der Waals surface area (Å²) in [6.45, 7) is 4.15. The lowest BCUT2D eigenvalue weighted by Gasteiger charge is -2.44. The highest BCUT2D eigenvalue weighted by Gasteiger charge is 2.34. The predicted octanol–water partition coefficient (Wildman–Crippen LogP) is 2.33. The number of likely N-dealkylation sites (N-methyl/N-ethyl adjacent to an activating group) is 1. The summed E-state index contributed by atoms with van der Waals surface area (Å²) in [6.07, 6.45) is 4.76. The van der Waals surface area contributed by atoms with Crippen LogP contribution in [0.15, 0.2) is 0 Å². The molecule has 0 N–H and O–H groups in total. The monoisotopic (exact) mass is 260 g/mol. The number of hydrogen-bond donors (Lipinski definition) is 0. The van der Waals surface area contributed by atoms with Crippen molar-refractivity contribution in [1.82, 2.24) is 9.80 Å². The van der Waals surface area contributed by atoms with E-state index >= 15 is 0 Å². The first-order valence-electron chi connectivity index (χ1n) is 6.52. The topological polar surface area (TPSA) is 23.6 Å². The lowest BCUT2D eigenvalue weighted by molar-refractivity contribution is -0.135. The van der Waals surface area contributed by atoms with Crippen LogP contribution in [0, 0.1) is 0 Å². The maximum atomic E-state index is 12.0. The van der Waals surface area contributed by atoms with Crippen molar-refractivity contribution in [1.29, 1.82) is 0 Å². The second-order valence-electron chi connectivity index (χ2n) is 5.41. The molecule has 1 aliphatic rings. The van der Waals surface area contributed by atoms with Crippen molar-refractivity contribution in [2.24, 2.45) is 0 Å². The van der Waals surface area contributed by atoms with Crippen molar-refractivity contribution in [3.63, 3.8) is 0 Å². The van der Waals surface area contributed by atoms with Gasteiger partial charge in [-0.3, -0.25) is 4.79 Å². The SMILES string of the molecule is CC(C)N(C(=O)CCl)[C@H]1CCCC[C@H]1N(C)C. The van der Waals surface area contributed by atoms with Crippen molar-refractivity contribution < 1.29 is 4.79 Å². The van der Waals surface area contributed by atoms with E-state index in [0.29, 0.717) is 12.1 Å². The van der Waals surface area contributed by atoms with Crippen molar-refractivity contribution in [3.05, 3.63) is 0 Å². The quantitative estimate of drug-likeness (QED) is 0.725. The molecule has 2 atom stereocenters. The standard InChI is InChI=1S/C13H25ClN2O/c1-10(2)16(13(17)9-14)12-8-6-5-7-11(12)15(3)4/h10-12H,5-9H2,1-4H3/t11-,12+/m1/s1. The zero-order valence-corrected chi connectivity index (χ0v) is 12.2. The van der Waals surface area contributed by atoms with Gasteiger partial charge >= 0.3 is 0 Å². The third kappa shape index (κ3) is 3.59. The summed E-state index contributed by atoms with van der Waals surface area (Å²) in [6, 6.07) is 1.02. The number of hydrogen-bond acceptors (Lipinski definition) is 2. The first-order chi connectivity index (χ1) is 7.99. The normalized spacial score (nSPS) is 25.4. The summed E-state index contributed by atoms with van der Waals surface area (Å²) in [5.74, 6) is 0.162. The highest BCUT2D eigenvalue weighted by molar-refractivity contribution is 6.27. The Morgan fingerprint density at radius 3 is 2.18 bits per heavy atom. The summed E-state index contributed by atoms with van der Waals surface area (Å²) in [5, 5.41) is 0. The van der Waals surface area contributed by atoms with Gasteiger partial charge in [0.25, 0.3) is 0 Å². The second-order valence-corrected chi connectivity index (χ2v) is 5.68. The van der Waals surface area contributed by atoms with E-state index < -0.39 is 0 Å². The highest BCUT2D eigenvalue weighted by atomic mass is 35.5. The molecule has 0 saturated heterocycles. The molecule has 3 nitrogen and oxygen atoms in total. The van der Waals surface area contributed by atoms with E-state index in [2.05, 4.69) is 32.8 Å². The second kappa shape index (κ2) is 6.60. The minimum atomic E-state index is 0.0698. The number of carbonyl (C=O) groups is 1. The van der Waals surface area contributed by atoms with E-state index in [0.717, 1.165) is 6.42 Å². The molecule has 0 aromatic carbocycles. The average molecular weight is 261 g/mol. The molecule has 0 aliphatic heterocycles. The van der Waals surface area contributed by atoms with Crippen molar-refractivity contribution in [2.75, 3.05) is 20.0 Å². The average Bonchev–Trinajstić information content (AvgIpc) is 2.29. The molecule has 0 aromatic rings. The number of carbonyl (C=O) groups excluding carboxylic acids is 1. The molecule has 1 rings (SSSR count). The van der Waals surface area contributed by atoms with Crippen LogP contribution in [0.4, 0.5) is 0 Å². The smallest absolute Gasteiger partial charge is 0.238 e. The van der Waals surface area contributed by atoms with Gasteiger partial charge < -0.3 is 9.80 Å². The summed E-state index contributed by atoms with van der Waals surface area (Å²) in [4.78, 5) is 16.2. The van der Waals surface area contributed by atoms with Crippen LogP contribution in [-0.2, 0) is 4.79 Å². The Morgan fingerprint density at radius 2 is 1.76 bits per heavy atom. The molecule has 0 unspecified atom stereocenters. The zero-order valence-electron chi connectivity index (χ0n) is 11.4. The van der Waals surface area contributed by atoms with E-state index in [1.165, 1.54) is 19.3 Å². The summed E-state index contributed by atoms with van der Waals surface area (Å²) in [7, 11) is 4.21. The van der Waals surface area contributed by atoms with Gasteiger partial charge in [0.1, 0.15) is 5.88 Å². The zero-order chi connectivity index (χ0) is 13.0. The molecular formula is C13H25ClN2O. The van der Waals surface area contributed by atoms with Gasteiger partial charge in [0.2, 0.25) is 5.91 Å². The van der Waals surface area contributed by atoms with Gasteiger partial charge in [0.05, 0.1) is 0 Å². The lowest BCUT2D eigenvalue weighted by Crippen LogP contribution is -2.56. The van der Waals surface area contributed by atoms with Gasteiger partial charge in [-0.25, -0.2) is 0 Å². The van der Waals surface area contributed by atoms with Crippen molar-refractivity contribution >= 4 is 17.5 Å². The number of amides is 1. The van der Waals surface area contributed by atoms with E-state index in [1.807, 2.05) is 4.90 Å². The van der Waals surface area contributed by atoms with Gasteiger partial charge in [-0.05, 0) is 40.8 Å². The van der Waals surface area contributed by atoms with Crippen molar-refractivity contribution in [3.8, 4) is 0 Å². The highest BCUT2D eigenvalue weighted by Crippen LogP contribution is 2.27. The number of halogens is 1. The molecule has 4 heteroatoms. The Hall–Kier alpha value is -0.280. The van der Waals surface area contributed by atoms with Gasteiger partial charge in [0.15, 0.2) is 0 Å². The van der Waals surface area contributed by atoms with Crippen LogP contribution in [0.5, 0.6) is 0 Å². The molecule has 0 spiro atoms. The molecular weight excluding hydrogens is 236 g/mol. The number of alkyl halides is 1. The largest absolute Gasteiger partial charge is 0.335 e. The molecule has 0 heterocycles. The van der Waals surface area contributed by atoms with Crippen LogP contribution in [0.25, 0.3) is 0 Å². The Bertz CT molecular complexity index is 256. The Kier molecular flexibility index (Phi) is 5.74. The Balaban J connectivity index is 2.86. The third-order valence-corrected chi connectivity index (χ3v) is 3.90. The molecule has 100 valence electrons. The van der Waals surface area contributed by atoms with E-state index in [1.54, 1.807) is 0 Å². The maximum Gasteiger partial charge on any atom is 0.238 e. The first kappa shape index (κ1) is 14.8. The van der Waals surface area contributed by atoms with Crippen LogP contribution < -0.4 is 0 Å².